The van der Waals surface area contributed by atoms with E-state index < -0.39 is 46.6 Å². The quantitative estimate of drug-likeness (QED) is 0.373. The van der Waals surface area contributed by atoms with Crippen LogP contribution in [0.25, 0.3) is 0 Å². The van der Waals surface area contributed by atoms with Crippen molar-refractivity contribution in [1.82, 2.24) is 20.6 Å². The van der Waals surface area contributed by atoms with E-state index in [9.17, 15) is 31.5 Å². The molecular formula is C25H22F5N5O4. The fraction of sp³-hybridized carbons (Fsp3) is 0.280. The fourth-order valence-corrected chi connectivity index (χ4v) is 3.79. The van der Waals surface area contributed by atoms with Crippen molar-refractivity contribution in [2.45, 2.75) is 31.6 Å². The Balaban J connectivity index is 1.40. The van der Waals surface area contributed by atoms with Crippen LogP contribution in [0, 0.1) is 18.6 Å². The number of halogens is 5. The second kappa shape index (κ2) is 11.2. The molecule has 3 aromatic rings. The number of hydrogen-bond acceptors (Lipinski definition) is 7. The number of benzene rings is 2. The highest BCUT2D eigenvalue weighted by molar-refractivity contribution is 5.90. The summed E-state index contributed by atoms with van der Waals surface area (Å²) in [5, 5.41) is 7.46. The van der Waals surface area contributed by atoms with Crippen LogP contribution >= 0.6 is 0 Å². The van der Waals surface area contributed by atoms with Crippen molar-refractivity contribution in [3.8, 4) is 5.75 Å². The molecule has 1 fully saturated rings. The second-order valence-corrected chi connectivity index (χ2v) is 8.67. The molecule has 206 valence electrons. The van der Waals surface area contributed by atoms with Crippen LogP contribution < -0.4 is 20.7 Å². The summed E-state index contributed by atoms with van der Waals surface area (Å²) in [5.74, 6) is -2.01. The summed E-state index contributed by atoms with van der Waals surface area (Å²) in [6, 6.07) is 5.60. The number of carbonyl (C=O) groups excluding carboxylic acids is 2. The molecule has 2 amide bonds. The van der Waals surface area contributed by atoms with Crippen LogP contribution in [-0.2, 0) is 22.3 Å². The Bertz CT molecular complexity index is 1360. The van der Waals surface area contributed by atoms with E-state index in [0.717, 1.165) is 18.2 Å². The molecule has 1 saturated heterocycles. The highest BCUT2D eigenvalue weighted by atomic mass is 19.4. The lowest BCUT2D eigenvalue weighted by atomic mass is 9.97. The third kappa shape index (κ3) is 6.76. The zero-order chi connectivity index (χ0) is 28.2. The van der Waals surface area contributed by atoms with E-state index in [4.69, 9.17) is 9.47 Å². The Morgan fingerprint density at radius 3 is 2.49 bits per heavy atom. The Labute approximate surface area is 218 Å². The van der Waals surface area contributed by atoms with Gasteiger partial charge in [0.15, 0.2) is 5.75 Å². The van der Waals surface area contributed by atoms with Crippen molar-refractivity contribution in [3.05, 3.63) is 77.4 Å². The van der Waals surface area contributed by atoms with Gasteiger partial charge >= 0.3 is 12.3 Å². The molecule has 0 unspecified atom stereocenters. The lowest BCUT2D eigenvalue weighted by Crippen LogP contribution is -2.59. The fourth-order valence-electron chi connectivity index (χ4n) is 3.79. The van der Waals surface area contributed by atoms with Gasteiger partial charge in [0.25, 0.3) is 0 Å². The molecule has 3 N–H and O–H groups in total. The molecule has 1 aliphatic rings. The summed E-state index contributed by atoms with van der Waals surface area (Å²) >= 11 is 0. The smallest absolute Gasteiger partial charge is 0.407 e. The van der Waals surface area contributed by atoms with Crippen LogP contribution in [0.4, 0.5) is 38.1 Å². The molecule has 0 bridgehead atoms. The van der Waals surface area contributed by atoms with E-state index in [1.54, 1.807) is 6.92 Å². The van der Waals surface area contributed by atoms with Crippen LogP contribution in [-0.4, -0.2) is 40.7 Å². The molecule has 1 atom stereocenters. The zero-order valence-electron chi connectivity index (χ0n) is 20.4. The van der Waals surface area contributed by atoms with Gasteiger partial charge in [0, 0.05) is 30.8 Å². The predicted molar refractivity (Wildman–Crippen MR) is 127 cm³/mol. The van der Waals surface area contributed by atoms with Crippen LogP contribution in [0.5, 0.6) is 5.75 Å². The van der Waals surface area contributed by atoms with E-state index in [-0.39, 0.29) is 43.2 Å². The maximum atomic E-state index is 14.8. The molecule has 4 rings (SSSR count). The highest BCUT2D eigenvalue weighted by Gasteiger charge is 2.44. The van der Waals surface area contributed by atoms with Gasteiger partial charge in [-0.3, -0.25) is 4.79 Å². The first kappa shape index (κ1) is 27.7. The number of hydrogen-bond donors (Lipinski definition) is 3. The number of ether oxygens (including phenoxy) is 2. The number of anilines is 2. The standard InChI is InChI=1S/C25H22F5N5O4/c1-14-31-11-18(12-32-14)39-23(37)35-24(6-7-38-13-24)22(36)33-10-15-2-4-17(9-20(15)27)34-21-5-3-16(26)8-19(21)25(28,29)30/h2-5,8-9,11-12,34H,6-7,10,13H2,1H3,(H,33,36)(H,35,37)/t24-/m0/s1. The Kier molecular flexibility index (Phi) is 7.95. The first-order valence-corrected chi connectivity index (χ1v) is 11.5. The van der Waals surface area contributed by atoms with Crippen LogP contribution in [0.2, 0.25) is 0 Å². The number of rotatable bonds is 7. The van der Waals surface area contributed by atoms with Crippen molar-refractivity contribution in [2.24, 2.45) is 0 Å². The molecule has 0 radical (unpaired) electrons. The minimum Gasteiger partial charge on any atom is -0.407 e. The molecular weight excluding hydrogens is 529 g/mol. The Hall–Kier alpha value is -4.33. The van der Waals surface area contributed by atoms with Gasteiger partial charge in [-0.05, 0) is 37.3 Å². The van der Waals surface area contributed by atoms with E-state index >= 15 is 0 Å². The number of aryl methyl sites for hydroxylation is 1. The highest BCUT2D eigenvalue weighted by Crippen LogP contribution is 2.36. The number of nitrogens with zero attached hydrogens (tertiary/aromatic N) is 2. The van der Waals surface area contributed by atoms with E-state index in [1.165, 1.54) is 24.5 Å². The summed E-state index contributed by atoms with van der Waals surface area (Å²) in [4.78, 5) is 33.2. The maximum Gasteiger partial charge on any atom is 0.418 e. The van der Waals surface area contributed by atoms with Gasteiger partial charge in [0.2, 0.25) is 5.91 Å². The van der Waals surface area contributed by atoms with Crippen molar-refractivity contribution in [1.29, 1.82) is 0 Å². The summed E-state index contributed by atoms with van der Waals surface area (Å²) in [6.07, 6.45) is -3.06. The molecule has 0 spiro atoms. The van der Waals surface area contributed by atoms with Gasteiger partial charge < -0.3 is 25.4 Å². The average molecular weight is 551 g/mol. The third-order valence-corrected chi connectivity index (χ3v) is 5.82. The SMILES string of the molecule is Cc1ncc(OC(=O)N[C@@]2(C(=O)NCc3ccc(Nc4ccc(F)cc4C(F)(F)F)cc3F)CCOC2)cn1. The summed E-state index contributed by atoms with van der Waals surface area (Å²) < 4.78 is 78.2. The van der Waals surface area contributed by atoms with Crippen molar-refractivity contribution in [3.63, 3.8) is 0 Å². The minimum absolute atomic E-state index is 0.0233. The molecule has 1 aliphatic heterocycles. The van der Waals surface area contributed by atoms with Crippen molar-refractivity contribution >= 4 is 23.4 Å². The molecule has 2 aromatic carbocycles. The molecule has 39 heavy (non-hydrogen) atoms. The first-order chi connectivity index (χ1) is 18.4. The topological polar surface area (TPSA) is 114 Å². The largest absolute Gasteiger partial charge is 0.418 e. The average Bonchev–Trinajstić information content (AvgIpc) is 3.35. The molecule has 1 aromatic heterocycles. The van der Waals surface area contributed by atoms with Gasteiger partial charge in [-0.25, -0.2) is 23.5 Å². The number of alkyl halides is 3. The monoisotopic (exact) mass is 551 g/mol. The van der Waals surface area contributed by atoms with Gasteiger partial charge in [-0.1, -0.05) is 6.07 Å². The minimum atomic E-state index is -4.83. The first-order valence-electron chi connectivity index (χ1n) is 11.5. The van der Waals surface area contributed by atoms with Crippen LogP contribution in [0.3, 0.4) is 0 Å². The predicted octanol–water partition coefficient (Wildman–Crippen LogP) is 4.39. The van der Waals surface area contributed by atoms with E-state index in [1.807, 2.05) is 0 Å². The van der Waals surface area contributed by atoms with Crippen LogP contribution in [0.1, 0.15) is 23.4 Å². The van der Waals surface area contributed by atoms with Gasteiger partial charge in [0.1, 0.15) is 23.0 Å². The summed E-state index contributed by atoms with van der Waals surface area (Å²) in [7, 11) is 0. The van der Waals surface area contributed by atoms with Gasteiger partial charge in [-0.15, -0.1) is 0 Å². The molecule has 14 heteroatoms. The zero-order valence-corrected chi connectivity index (χ0v) is 20.4. The second-order valence-electron chi connectivity index (χ2n) is 8.67. The van der Waals surface area contributed by atoms with Gasteiger partial charge in [-0.2, -0.15) is 13.2 Å². The molecule has 2 heterocycles. The van der Waals surface area contributed by atoms with Crippen molar-refractivity contribution < 1.29 is 41.0 Å². The maximum absolute atomic E-state index is 14.8. The molecule has 9 nitrogen and oxygen atoms in total. The summed E-state index contributed by atoms with van der Waals surface area (Å²) in [6.45, 7) is 1.39. The lowest BCUT2D eigenvalue weighted by Gasteiger charge is -2.27. The normalized spacial score (nSPS) is 17.0. The van der Waals surface area contributed by atoms with Crippen molar-refractivity contribution in [2.75, 3.05) is 18.5 Å². The Morgan fingerprint density at radius 1 is 1.10 bits per heavy atom. The number of amides is 2. The number of nitrogens with one attached hydrogen (secondary N) is 3. The Morgan fingerprint density at radius 2 is 1.85 bits per heavy atom. The van der Waals surface area contributed by atoms with Crippen LogP contribution in [0.15, 0.2) is 48.8 Å². The number of aromatic nitrogens is 2. The molecule has 0 saturated carbocycles. The lowest BCUT2D eigenvalue weighted by molar-refractivity contribution is -0.137. The molecule has 0 aliphatic carbocycles. The number of carbonyl (C=O) groups is 2. The van der Waals surface area contributed by atoms with E-state index in [2.05, 4.69) is 25.9 Å². The van der Waals surface area contributed by atoms with E-state index in [0.29, 0.717) is 11.9 Å². The van der Waals surface area contributed by atoms with Gasteiger partial charge in [0.05, 0.1) is 30.3 Å². The summed E-state index contributed by atoms with van der Waals surface area (Å²) in [5.41, 5.74) is -3.17. The third-order valence-electron chi connectivity index (χ3n) is 5.82.